The number of sulfone groups is 1. The van der Waals surface area contributed by atoms with Gasteiger partial charge >= 0.3 is 5.97 Å². The fourth-order valence-corrected chi connectivity index (χ4v) is 4.18. The molecule has 4 nitrogen and oxygen atoms in total. The zero-order valence-electron chi connectivity index (χ0n) is 12.2. The number of esters is 1. The van der Waals surface area contributed by atoms with Crippen LogP contribution in [0.15, 0.2) is 17.0 Å². The predicted molar refractivity (Wildman–Crippen MR) is 80.0 cm³/mol. The molecule has 0 atom stereocenters. The van der Waals surface area contributed by atoms with Crippen LogP contribution in [-0.4, -0.2) is 27.8 Å². The molecule has 2 rings (SSSR count). The van der Waals surface area contributed by atoms with E-state index < -0.39 is 15.8 Å². The predicted octanol–water partition coefficient (Wildman–Crippen LogP) is 2.52. The Balaban J connectivity index is 2.74. The molecule has 1 aromatic rings. The molecule has 1 aliphatic carbocycles. The molecule has 112 valence electrons. The van der Waals surface area contributed by atoms with Gasteiger partial charge in [-0.15, -0.1) is 6.42 Å². The lowest BCUT2D eigenvalue weighted by molar-refractivity contribution is 0.0600. The second kappa shape index (κ2) is 5.90. The van der Waals surface area contributed by atoms with Crippen LogP contribution in [0.4, 0.5) is 0 Å². The van der Waals surface area contributed by atoms with Crippen LogP contribution in [0, 0.1) is 12.3 Å². The maximum absolute atomic E-state index is 12.2. The van der Waals surface area contributed by atoms with Gasteiger partial charge in [0.15, 0.2) is 9.84 Å². The quantitative estimate of drug-likeness (QED) is 0.636. The molecule has 0 saturated heterocycles. The first kappa shape index (κ1) is 15.6. The molecule has 0 aliphatic heterocycles. The van der Waals surface area contributed by atoms with E-state index in [0.29, 0.717) is 0 Å². The average Bonchev–Trinajstić information content (AvgIpc) is 2.97. The summed E-state index contributed by atoms with van der Waals surface area (Å²) in [7, 11) is -2.28. The van der Waals surface area contributed by atoms with Gasteiger partial charge in [-0.3, -0.25) is 0 Å². The van der Waals surface area contributed by atoms with Crippen LogP contribution >= 0.6 is 0 Å². The summed E-state index contributed by atoms with van der Waals surface area (Å²) in [4.78, 5) is 11.9. The van der Waals surface area contributed by atoms with Crippen LogP contribution in [0.5, 0.6) is 0 Å². The van der Waals surface area contributed by atoms with Crippen molar-refractivity contribution in [1.29, 1.82) is 0 Å². The maximum Gasteiger partial charge on any atom is 0.339 e. The molecule has 0 radical (unpaired) electrons. The van der Waals surface area contributed by atoms with Crippen molar-refractivity contribution in [3.63, 3.8) is 0 Å². The SMILES string of the molecule is C#Cc1c(C(=O)OC)ccc(C2CCCC2)c1S(C)(=O)=O. The van der Waals surface area contributed by atoms with Crippen molar-refractivity contribution < 1.29 is 17.9 Å². The number of rotatable bonds is 3. The lowest BCUT2D eigenvalue weighted by atomic mass is 9.93. The van der Waals surface area contributed by atoms with Crippen LogP contribution in [0.2, 0.25) is 0 Å². The van der Waals surface area contributed by atoms with Crippen molar-refractivity contribution in [2.45, 2.75) is 36.5 Å². The van der Waals surface area contributed by atoms with Gasteiger partial charge in [-0.2, -0.15) is 0 Å². The highest BCUT2D eigenvalue weighted by molar-refractivity contribution is 7.90. The summed E-state index contributed by atoms with van der Waals surface area (Å²) in [6.45, 7) is 0. The van der Waals surface area contributed by atoms with Crippen LogP contribution in [0.25, 0.3) is 0 Å². The van der Waals surface area contributed by atoms with Gasteiger partial charge < -0.3 is 4.74 Å². The van der Waals surface area contributed by atoms with E-state index in [4.69, 9.17) is 6.42 Å². The summed E-state index contributed by atoms with van der Waals surface area (Å²) in [5.41, 5.74) is 0.978. The summed E-state index contributed by atoms with van der Waals surface area (Å²) < 4.78 is 29.1. The molecule has 1 saturated carbocycles. The van der Waals surface area contributed by atoms with E-state index in [-0.39, 0.29) is 21.9 Å². The number of terminal acetylenes is 1. The second-order valence-corrected chi connectivity index (χ2v) is 7.25. The van der Waals surface area contributed by atoms with Gasteiger partial charge in [0.1, 0.15) is 0 Å². The molecule has 21 heavy (non-hydrogen) atoms. The minimum Gasteiger partial charge on any atom is -0.465 e. The molecule has 1 fully saturated rings. The van der Waals surface area contributed by atoms with Gasteiger partial charge in [0.25, 0.3) is 0 Å². The number of hydrogen-bond donors (Lipinski definition) is 0. The van der Waals surface area contributed by atoms with Gasteiger partial charge in [0.05, 0.1) is 23.1 Å². The van der Waals surface area contributed by atoms with Crippen molar-refractivity contribution in [1.82, 2.24) is 0 Å². The molecule has 0 aromatic heterocycles. The Kier molecular flexibility index (Phi) is 4.38. The van der Waals surface area contributed by atoms with Crippen LogP contribution in [0.3, 0.4) is 0 Å². The van der Waals surface area contributed by atoms with Crippen molar-refractivity contribution in [3.05, 3.63) is 28.8 Å². The summed E-state index contributed by atoms with van der Waals surface area (Å²) in [6, 6.07) is 3.28. The zero-order chi connectivity index (χ0) is 15.6. The molecule has 0 bridgehead atoms. The maximum atomic E-state index is 12.2. The van der Waals surface area contributed by atoms with Crippen LogP contribution < -0.4 is 0 Å². The highest BCUT2D eigenvalue weighted by Crippen LogP contribution is 2.39. The highest BCUT2D eigenvalue weighted by atomic mass is 32.2. The zero-order valence-corrected chi connectivity index (χ0v) is 13.0. The topological polar surface area (TPSA) is 60.4 Å². The summed E-state index contributed by atoms with van der Waals surface area (Å²) in [5, 5.41) is 0. The van der Waals surface area contributed by atoms with Crippen LogP contribution in [-0.2, 0) is 14.6 Å². The monoisotopic (exact) mass is 306 g/mol. The first-order chi connectivity index (χ1) is 9.90. The Hall–Kier alpha value is -1.80. The van der Waals surface area contributed by atoms with Gasteiger partial charge in [-0.25, -0.2) is 13.2 Å². The van der Waals surface area contributed by atoms with E-state index in [1.165, 1.54) is 7.11 Å². The summed E-state index contributed by atoms with van der Waals surface area (Å²) in [5.74, 6) is 1.94. The first-order valence-corrected chi connectivity index (χ1v) is 8.71. The molecule has 1 aliphatic rings. The average molecular weight is 306 g/mol. The van der Waals surface area contributed by atoms with E-state index >= 15 is 0 Å². The number of benzene rings is 1. The van der Waals surface area contributed by atoms with E-state index in [2.05, 4.69) is 10.7 Å². The molecule has 5 heteroatoms. The number of carbonyl (C=O) groups is 1. The van der Waals surface area contributed by atoms with E-state index in [1.54, 1.807) is 12.1 Å². The first-order valence-electron chi connectivity index (χ1n) is 6.82. The summed E-state index contributed by atoms with van der Waals surface area (Å²) >= 11 is 0. The van der Waals surface area contributed by atoms with Crippen LogP contribution in [0.1, 0.15) is 53.1 Å². The highest BCUT2D eigenvalue weighted by Gasteiger charge is 2.28. The lowest BCUT2D eigenvalue weighted by Crippen LogP contribution is -2.13. The van der Waals surface area contributed by atoms with Gasteiger partial charge in [0, 0.05) is 6.26 Å². The number of methoxy groups -OCH3 is 1. The minimum absolute atomic E-state index is 0.111. The van der Waals surface area contributed by atoms with Gasteiger partial charge in [-0.05, 0) is 30.4 Å². The molecule has 0 unspecified atom stereocenters. The molecule has 1 aromatic carbocycles. The third-order valence-corrected chi connectivity index (χ3v) is 5.08. The fraction of sp³-hybridized carbons (Fsp3) is 0.438. The Labute approximate surface area is 125 Å². The fourth-order valence-electron chi connectivity index (χ4n) is 2.98. The third-order valence-electron chi connectivity index (χ3n) is 3.90. The Morgan fingerprint density at radius 1 is 1.33 bits per heavy atom. The normalized spacial score (nSPS) is 15.7. The third kappa shape index (κ3) is 2.96. The molecular formula is C16H18O4S. The molecule has 0 amide bonds. The molecule has 0 spiro atoms. The smallest absolute Gasteiger partial charge is 0.339 e. The molecule has 0 heterocycles. The second-order valence-electron chi connectivity index (χ2n) is 5.30. The standard InChI is InChI=1S/C16H18O4S/c1-4-12-14(16(17)20-2)10-9-13(11-7-5-6-8-11)15(12)21(3,18)19/h1,9-11H,5-8H2,2-3H3. The van der Waals surface area contributed by atoms with Crippen molar-refractivity contribution in [2.24, 2.45) is 0 Å². The van der Waals surface area contributed by atoms with Crippen molar-refractivity contribution in [2.75, 3.05) is 13.4 Å². The Bertz CT molecular complexity index is 705. The van der Waals surface area contributed by atoms with Crippen molar-refractivity contribution >= 4 is 15.8 Å². The van der Waals surface area contributed by atoms with Gasteiger partial charge in [0.2, 0.25) is 0 Å². The number of carbonyl (C=O) groups excluding carboxylic acids is 1. The van der Waals surface area contributed by atoms with E-state index in [9.17, 15) is 13.2 Å². The number of ether oxygens (including phenoxy) is 1. The molecular weight excluding hydrogens is 288 g/mol. The Morgan fingerprint density at radius 3 is 2.43 bits per heavy atom. The summed E-state index contributed by atoms with van der Waals surface area (Å²) in [6.07, 6.45) is 10.7. The van der Waals surface area contributed by atoms with E-state index in [1.807, 2.05) is 0 Å². The largest absolute Gasteiger partial charge is 0.465 e. The number of hydrogen-bond acceptors (Lipinski definition) is 4. The molecule has 0 N–H and O–H groups in total. The van der Waals surface area contributed by atoms with Crippen molar-refractivity contribution in [3.8, 4) is 12.3 Å². The van der Waals surface area contributed by atoms with Gasteiger partial charge in [-0.1, -0.05) is 24.8 Å². The Morgan fingerprint density at radius 2 is 1.95 bits per heavy atom. The lowest BCUT2D eigenvalue weighted by Gasteiger charge is -2.17. The minimum atomic E-state index is -3.53. The van der Waals surface area contributed by atoms with E-state index in [0.717, 1.165) is 37.5 Å².